The lowest BCUT2D eigenvalue weighted by Gasteiger charge is -2.18. The highest BCUT2D eigenvalue weighted by Gasteiger charge is 2.13. The fraction of sp³-hybridized carbons (Fsp3) is 0.421. The van der Waals surface area contributed by atoms with Crippen LogP contribution in [0.5, 0.6) is 0 Å². The zero-order chi connectivity index (χ0) is 16.8. The smallest absolute Gasteiger partial charge is 0.191 e. The largest absolute Gasteiger partial charge is 0.459 e. The van der Waals surface area contributed by atoms with Gasteiger partial charge in [-0.15, -0.1) is 0 Å². The van der Waals surface area contributed by atoms with E-state index in [9.17, 15) is 0 Å². The number of hydrogen-bond donors (Lipinski definition) is 2. The fourth-order valence-electron chi connectivity index (χ4n) is 2.82. The molecule has 5 nitrogen and oxygen atoms in total. The maximum atomic E-state index is 5.91. The topological polar surface area (TPSA) is 58.8 Å². The number of fused-ring (bicyclic) bond motifs is 1. The molecule has 1 atom stereocenters. The molecule has 2 aromatic rings. The molecular weight excluding hydrogens is 302 g/mol. The van der Waals surface area contributed by atoms with Crippen molar-refractivity contribution in [2.45, 2.75) is 25.8 Å². The number of aliphatic imine (C=N–C) groups is 1. The first-order valence-corrected chi connectivity index (χ1v) is 8.47. The Morgan fingerprint density at radius 2 is 2.21 bits per heavy atom. The third-order valence-corrected chi connectivity index (χ3v) is 4.24. The van der Waals surface area contributed by atoms with Crippen LogP contribution in [0.4, 0.5) is 0 Å². The van der Waals surface area contributed by atoms with Gasteiger partial charge in [0.25, 0.3) is 0 Å². The molecule has 128 valence electrons. The normalized spacial score (nSPS) is 16.8. The predicted octanol–water partition coefficient (Wildman–Crippen LogP) is 3.40. The number of guanidine groups is 1. The van der Waals surface area contributed by atoms with Crippen molar-refractivity contribution in [3.8, 4) is 0 Å². The van der Waals surface area contributed by atoms with E-state index in [1.807, 2.05) is 18.2 Å². The second-order valence-electron chi connectivity index (χ2n) is 5.99. The Labute approximate surface area is 142 Å². The molecule has 1 aliphatic heterocycles. The summed E-state index contributed by atoms with van der Waals surface area (Å²) in [5.74, 6) is 1.70. The van der Waals surface area contributed by atoms with E-state index in [1.54, 1.807) is 7.05 Å². The number of nitrogens with zero attached hydrogens (tertiary/aromatic N) is 1. The van der Waals surface area contributed by atoms with Crippen LogP contribution < -0.4 is 10.6 Å². The average Bonchev–Trinajstić information content (AvgIpc) is 3.06. The van der Waals surface area contributed by atoms with Crippen LogP contribution in [0.1, 0.15) is 31.6 Å². The van der Waals surface area contributed by atoms with Crippen molar-refractivity contribution in [1.82, 2.24) is 10.6 Å². The first-order valence-electron chi connectivity index (χ1n) is 8.47. The molecule has 2 heterocycles. The quantitative estimate of drug-likeness (QED) is 0.502. The summed E-state index contributed by atoms with van der Waals surface area (Å²) in [4.78, 5) is 4.30. The molecule has 1 unspecified atom stereocenters. The van der Waals surface area contributed by atoms with E-state index < -0.39 is 0 Å². The van der Waals surface area contributed by atoms with Crippen LogP contribution in [-0.2, 0) is 4.74 Å². The van der Waals surface area contributed by atoms with E-state index >= 15 is 0 Å². The van der Waals surface area contributed by atoms with Gasteiger partial charge in [0, 0.05) is 19.0 Å². The van der Waals surface area contributed by atoms with Crippen molar-refractivity contribution < 1.29 is 9.15 Å². The minimum Gasteiger partial charge on any atom is -0.459 e. The van der Waals surface area contributed by atoms with Crippen LogP contribution >= 0.6 is 0 Å². The number of ether oxygens (including phenoxy) is 1. The molecular formula is C19H25N3O2. The first kappa shape index (κ1) is 16.6. The molecule has 5 heteroatoms. The van der Waals surface area contributed by atoms with Gasteiger partial charge in [-0.2, -0.15) is 0 Å². The summed E-state index contributed by atoms with van der Waals surface area (Å²) in [6, 6.07) is 10.2. The van der Waals surface area contributed by atoms with E-state index in [-0.39, 0.29) is 6.04 Å². The van der Waals surface area contributed by atoms with Gasteiger partial charge in [-0.3, -0.25) is 4.99 Å². The molecule has 24 heavy (non-hydrogen) atoms. The first-order chi connectivity index (χ1) is 11.8. The molecule has 0 saturated carbocycles. The monoisotopic (exact) mass is 327 g/mol. The van der Waals surface area contributed by atoms with E-state index in [1.165, 1.54) is 5.57 Å². The summed E-state index contributed by atoms with van der Waals surface area (Å²) in [6.45, 7) is 4.51. The Morgan fingerprint density at radius 1 is 1.33 bits per heavy atom. The highest BCUT2D eigenvalue weighted by molar-refractivity contribution is 5.81. The van der Waals surface area contributed by atoms with Gasteiger partial charge in [0.15, 0.2) is 5.96 Å². The predicted molar refractivity (Wildman–Crippen MR) is 97.3 cm³/mol. The summed E-state index contributed by atoms with van der Waals surface area (Å²) in [6.07, 6.45) is 4.23. The third kappa shape index (κ3) is 4.17. The van der Waals surface area contributed by atoms with Crippen LogP contribution in [0.15, 0.2) is 51.4 Å². The summed E-state index contributed by atoms with van der Waals surface area (Å²) >= 11 is 0. The van der Waals surface area contributed by atoms with Crippen molar-refractivity contribution >= 4 is 16.9 Å². The van der Waals surface area contributed by atoms with Gasteiger partial charge in [-0.1, -0.05) is 29.8 Å². The number of para-hydroxylation sites is 1. The van der Waals surface area contributed by atoms with Gasteiger partial charge in [-0.05, 0) is 31.9 Å². The molecule has 0 saturated heterocycles. The van der Waals surface area contributed by atoms with Gasteiger partial charge in [0.2, 0.25) is 0 Å². The number of furan rings is 1. The van der Waals surface area contributed by atoms with Gasteiger partial charge in [0.05, 0.1) is 19.3 Å². The summed E-state index contributed by atoms with van der Waals surface area (Å²) in [5.41, 5.74) is 2.37. The van der Waals surface area contributed by atoms with Crippen LogP contribution in [0.25, 0.3) is 11.0 Å². The van der Waals surface area contributed by atoms with Crippen LogP contribution in [0.3, 0.4) is 0 Å². The van der Waals surface area contributed by atoms with Crippen LogP contribution in [0.2, 0.25) is 0 Å². The Morgan fingerprint density at radius 3 is 2.96 bits per heavy atom. The highest BCUT2D eigenvalue weighted by Crippen LogP contribution is 2.23. The zero-order valence-electron chi connectivity index (χ0n) is 14.3. The summed E-state index contributed by atoms with van der Waals surface area (Å²) in [7, 11) is 1.79. The number of benzene rings is 1. The fourth-order valence-corrected chi connectivity index (χ4v) is 2.82. The summed E-state index contributed by atoms with van der Waals surface area (Å²) < 4.78 is 11.2. The standard InChI is InChI=1S/C19H25N3O2/c1-14(18-13-16-5-3-4-6-17(16)24-18)22-19(20-2)21-10-7-15-8-11-23-12-9-15/h3-6,8,13-14H,7,9-12H2,1-2H3,(H2,20,21,22). The van der Waals surface area contributed by atoms with E-state index in [4.69, 9.17) is 9.15 Å². The van der Waals surface area contributed by atoms with Gasteiger partial charge < -0.3 is 19.8 Å². The Balaban J connectivity index is 1.53. The van der Waals surface area contributed by atoms with Crippen molar-refractivity contribution in [3.63, 3.8) is 0 Å². The van der Waals surface area contributed by atoms with Crippen molar-refractivity contribution in [2.24, 2.45) is 4.99 Å². The maximum absolute atomic E-state index is 5.91. The minimum atomic E-state index is 0.0471. The van der Waals surface area contributed by atoms with Gasteiger partial charge in [0.1, 0.15) is 11.3 Å². The van der Waals surface area contributed by atoms with Gasteiger partial charge >= 0.3 is 0 Å². The lowest BCUT2D eigenvalue weighted by Crippen LogP contribution is -2.39. The second-order valence-corrected chi connectivity index (χ2v) is 5.99. The molecule has 0 spiro atoms. The minimum absolute atomic E-state index is 0.0471. The molecule has 0 radical (unpaired) electrons. The molecule has 0 bridgehead atoms. The highest BCUT2D eigenvalue weighted by atomic mass is 16.5. The third-order valence-electron chi connectivity index (χ3n) is 4.24. The van der Waals surface area contributed by atoms with Crippen molar-refractivity contribution in [1.29, 1.82) is 0 Å². The molecule has 1 aromatic carbocycles. The SMILES string of the molecule is CN=C(NCCC1=CCOCC1)NC(C)c1cc2ccccc2o1. The molecule has 2 N–H and O–H groups in total. The number of nitrogens with one attached hydrogen (secondary N) is 2. The van der Waals surface area contributed by atoms with Crippen molar-refractivity contribution in [2.75, 3.05) is 26.8 Å². The molecule has 0 aliphatic carbocycles. The lowest BCUT2D eigenvalue weighted by atomic mass is 10.1. The molecule has 0 amide bonds. The average molecular weight is 327 g/mol. The van der Waals surface area contributed by atoms with E-state index in [0.717, 1.165) is 55.3 Å². The van der Waals surface area contributed by atoms with Crippen LogP contribution in [-0.4, -0.2) is 32.8 Å². The van der Waals surface area contributed by atoms with Gasteiger partial charge in [-0.25, -0.2) is 0 Å². The van der Waals surface area contributed by atoms with Crippen LogP contribution in [0, 0.1) is 0 Å². The lowest BCUT2D eigenvalue weighted by molar-refractivity contribution is 0.153. The summed E-state index contributed by atoms with van der Waals surface area (Å²) in [5, 5.41) is 7.87. The Kier molecular flexibility index (Phi) is 5.54. The zero-order valence-corrected chi connectivity index (χ0v) is 14.3. The molecule has 1 aliphatic rings. The number of hydrogen-bond acceptors (Lipinski definition) is 3. The van der Waals surface area contributed by atoms with Crippen molar-refractivity contribution in [3.05, 3.63) is 47.7 Å². The number of rotatable bonds is 5. The molecule has 0 fully saturated rings. The van der Waals surface area contributed by atoms with E-state index in [0.29, 0.717) is 0 Å². The Hall–Kier alpha value is -2.27. The molecule has 1 aromatic heterocycles. The molecule has 3 rings (SSSR count). The maximum Gasteiger partial charge on any atom is 0.191 e. The second kappa shape index (κ2) is 8.02. The Bertz CT molecular complexity index is 700. The van der Waals surface area contributed by atoms with E-state index in [2.05, 4.69) is 40.8 Å².